The predicted octanol–water partition coefficient (Wildman–Crippen LogP) is 2.09. The first-order chi connectivity index (χ1) is 7.54. The topological polar surface area (TPSA) is 89.6 Å². The van der Waals surface area contributed by atoms with E-state index in [1.165, 1.54) is 18.2 Å². The SMILES string of the molecule is CCCC(=O)Oc1ccc(N)cc1C(=O)O.Cl. The second kappa shape index (κ2) is 6.75. The number of hydrogen-bond acceptors (Lipinski definition) is 4. The van der Waals surface area contributed by atoms with E-state index in [0.29, 0.717) is 12.1 Å². The molecule has 0 heterocycles. The molecule has 0 bridgehead atoms. The molecule has 0 aliphatic carbocycles. The molecule has 0 amide bonds. The summed E-state index contributed by atoms with van der Waals surface area (Å²) in [6.45, 7) is 1.84. The van der Waals surface area contributed by atoms with Gasteiger partial charge in [-0.05, 0) is 24.6 Å². The third-order valence-electron chi connectivity index (χ3n) is 1.91. The number of carbonyl (C=O) groups excluding carboxylic acids is 1. The first-order valence-electron chi connectivity index (χ1n) is 4.88. The summed E-state index contributed by atoms with van der Waals surface area (Å²) in [6.07, 6.45) is 0.902. The van der Waals surface area contributed by atoms with Gasteiger partial charge in [-0.25, -0.2) is 4.79 Å². The molecule has 0 aliphatic rings. The Morgan fingerprint density at radius 3 is 2.59 bits per heavy atom. The van der Waals surface area contributed by atoms with Crippen LogP contribution in [0, 0.1) is 0 Å². The van der Waals surface area contributed by atoms with Crippen LogP contribution in [0.3, 0.4) is 0 Å². The van der Waals surface area contributed by atoms with Gasteiger partial charge in [-0.1, -0.05) is 6.92 Å². The van der Waals surface area contributed by atoms with Crippen molar-refractivity contribution in [1.82, 2.24) is 0 Å². The fraction of sp³-hybridized carbons (Fsp3) is 0.273. The number of carboxylic acid groups (broad SMARTS) is 1. The minimum atomic E-state index is -1.17. The molecule has 0 saturated heterocycles. The van der Waals surface area contributed by atoms with Crippen LogP contribution < -0.4 is 10.5 Å². The number of rotatable bonds is 4. The van der Waals surface area contributed by atoms with Gasteiger partial charge in [0, 0.05) is 12.1 Å². The molecule has 0 saturated carbocycles. The lowest BCUT2D eigenvalue weighted by atomic mass is 10.2. The van der Waals surface area contributed by atoms with Crippen molar-refractivity contribution in [2.75, 3.05) is 5.73 Å². The number of esters is 1. The van der Waals surface area contributed by atoms with Crippen molar-refractivity contribution in [3.63, 3.8) is 0 Å². The highest BCUT2D eigenvalue weighted by atomic mass is 35.5. The van der Waals surface area contributed by atoms with E-state index in [2.05, 4.69) is 0 Å². The van der Waals surface area contributed by atoms with Gasteiger partial charge in [-0.15, -0.1) is 12.4 Å². The average molecular weight is 260 g/mol. The molecule has 94 valence electrons. The fourth-order valence-corrected chi connectivity index (χ4v) is 1.18. The zero-order valence-corrected chi connectivity index (χ0v) is 10.1. The van der Waals surface area contributed by atoms with E-state index in [1.807, 2.05) is 6.92 Å². The van der Waals surface area contributed by atoms with Crippen LogP contribution in [0.1, 0.15) is 30.1 Å². The number of ether oxygens (including phenoxy) is 1. The highest BCUT2D eigenvalue weighted by molar-refractivity contribution is 5.93. The van der Waals surface area contributed by atoms with Gasteiger partial charge in [0.1, 0.15) is 11.3 Å². The highest BCUT2D eigenvalue weighted by Gasteiger charge is 2.14. The number of aromatic carboxylic acids is 1. The summed E-state index contributed by atoms with van der Waals surface area (Å²) in [5.41, 5.74) is 5.66. The lowest BCUT2D eigenvalue weighted by Gasteiger charge is -2.07. The monoisotopic (exact) mass is 259 g/mol. The molecular formula is C11H14ClNO4. The van der Waals surface area contributed by atoms with Crippen LogP contribution in [0.25, 0.3) is 0 Å². The number of halogens is 1. The molecule has 1 aromatic rings. The Kier molecular flexibility index (Phi) is 6.06. The zero-order chi connectivity index (χ0) is 12.1. The summed E-state index contributed by atoms with van der Waals surface area (Å²) in [5, 5.41) is 8.89. The third kappa shape index (κ3) is 4.32. The van der Waals surface area contributed by atoms with E-state index in [1.54, 1.807) is 0 Å². The summed E-state index contributed by atoms with van der Waals surface area (Å²) in [6, 6.07) is 4.13. The number of carbonyl (C=O) groups is 2. The first kappa shape index (κ1) is 15.2. The van der Waals surface area contributed by atoms with Gasteiger partial charge in [0.05, 0.1) is 0 Å². The van der Waals surface area contributed by atoms with Gasteiger partial charge >= 0.3 is 11.9 Å². The second-order valence-electron chi connectivity index (χ2n) is 3.28. The Morgan fingerprint density at radius 2 is 2.06 bits per heavy atom. The number of benzene rings is 1. The van der Waals surface area contributed by atoms with Crippen molar-refractivity contribution >= 4 is 30.0 Å². The number of anilines is 1. The molecule has 1 rings (SSSR count). The number of hydrogen-bond donors (Lipinski definition) is 2. The average Bonchev–Trinajstić information content (AvgIpc) is 2.20. The lowest BCUT2D eigenvalue weighted by Crippen LogP contribution is -2.10. The van der Waals surface area contributed by atoms with E-state index < -0.39 is 11.9 Å². The second-order valence-corrected chi connectivity index (χ2v) is 3.28. The van der Waals surface area contributed by atoms with Gasteiger partial charge in [0.25, 0.3) is 0 Å². The molecule has 5 nitrogen and oxygen atoms in total. The highest BCUT2D eigenvalue weighted by Crippen LogP contribution is 2.21. The lowest BCUT2D eigenvalue weighted by molar-refractivity contribution is -0.134. The standard InChI is InChI=1S/C11H13NO4.ClH/c1-2-3-10(13)16-9-5-4-7(12)6-8(9)11(14)15;/h4-6H,2-3,12H2,1H3,(H,14,15);1H. The van der Waals surface area contributed by atoms with Crippen LogP contribution in [0.2, 0.25) is 0 Å². The molecule has 0 aromatic heterocycles. The number of carboxylic acids is 1. The van der Waals surface area contributed by atoms with Gasteiger partial charge in [0.2, 0.25) is 0 Å². The van der Waals surface area contributed by atoms with Gasteiger partial charge in [0.15, 0.2) is 0 Å². The van der Waals surface area contributed by atoms with Gasteiger partial charge in [-0.2, -0.15) is 0 Å². The first-order valence-corrected chi connectivity index (χ1v) is 4.88. The Hall–Kier alpha value is -1.75. The molecule has 0 spiro atoms. The minimum Gasteiger partial charge on any atom is -0.478 e. The maximum atomic E-state index is 11.2. The van der Waals surface area contributed by atoms with Crippen LogP contribution in [-0.4, -0.2) is 17.0 Å². The maximum Gasteiger partial charge on any atom is 0.339 e. The van der Waals surface area contributed by atoms with Crippen LogP contribution >= 0.6 is 12.4 Å². The Morgan fingerprint density at radius 1 is 1.41 bits per heavy atom. The van der Waals surface area contributed by atoms with E-state index in [0.717, 1.165) is 0 Å². The maximum absolute atomic E-state index is 11.2. The molecule has 17 heavy (non-hydrogen) atoms. The van der Waals surface area contributed by atoms with Crippen LogP contribution in [-0.2, 0) is 4.79 Å². The molecule has 0 radical (unpaired) electrons. The van der Waals surface area contributed by atoms with Crippen LogP contribution in [0.4, 0.5) is 5.69 Å². The molecule has 0 unspecified atom stereocenters. The van der Waals surface area contributed by atoms with Crippen molar-refractivity contribution in [2.45, 2.75) is 19.8 Å². The van der Waals surface area contributed by atoms with Gasteiger partial charge in [-0.3, -0.25) is 4.79 Å². The third-order valence-corrected chi connectivity index (χ3v) is 1.91. The van der Waals surface area contributed by atoms with Crippen LogP contribution in [0.15, 0.2) is 18.2 Å². The van der Waals surface area contributed by atoms with Crippen molar-refractivity contribution in [3.05, 3.63) is 23.8 Å². The van der Waals surface area contributed by atoms with E-state index in [-0.39, 0.29) is 30.1 Å². The zero-order valence-electron chi connectivity index (χ0n) is 9.30. The van der Waals surface area contributed by atoms with E-state index in [9.17, 15) is 9.59 Å². The fourth-order valence-electron chi connectivity index (χ4n) is 1.18. The molecular weight excluding hydrogens is 246 g/mol. The smallest absolute Gasteiger partial charge is 0.339 e. The van der Waals surface area contributed by atoms with E-state index in [4.69, 9.17) is 15.6 Å². The molecule has 6 heteroatoms. The van der Waals surface area contributed by atoms with Gasteiger partial charge < -0.3 is 15.6 Å². The Balaban J connectivity index is 0.00000256. The summed E-state index contributed by atoms with van der Waals surface area (Å²) >= 11 is 0. The summed E-state index contributed by atoms with van der Waals surface area (Å²) < 4.78 is 4.93. The van der Waals surface area contributed by atoms with E-state index >= 15 is 0 Å². The largest absolute Gasteiger partial charge is 0.478 e. The molecule has 3 N–H and O–H groups in total. The predicted molar refractivity (Wildman–Crippen MR) is 65.6 cm³/mol. The molecule has 1 aromatic carbocycles. The Labute approximate surface area is 105 Å². The Bertz CT molecular complexity index is 420. The normalized spacial score (nSPS) is 9.24. The van der Waals surface area contributed by atoms with Crippen molar-refractivity contribution < 1.29 is 19.4 Å². The number of nitrogens with two attached hydrogens (primary N) is 1. The number of nitrogen functional groups attached to an aromatic ring is 1. The molecule has 0 atom stereocenters. The summed E-state index contributed by atoms with van der Waals surface area (Å²) in [7, 11) is 0. The summed E-state index contributed by atoms with van der Waals surface area (Å²) in [5.74, 6) is -1.60. The van der Waals surface area contributed by atoms with Crippen molar-refractivity contribution in [3.8, 4) is 5.75 Å². The molecule has 0 aliphatic heterocycles. The molecule has 0 fully saturated rings. The minimum absolute atomic E-state index is 0. The quantitative estimate of drug-likeness (QED) is 0.491. The van der Waals surface area contributed by atoms with Crippen LogP contribution in [0.5, 0.6) is 5.75 Å². The summed E-state index contributed by atoms with van der Waals surface area (Å²) in [4.78, 5) is 22.1. The van der Waals surface area contributed by atoms with Crippen molar-refractivity contribution in [1.29, 1.82) is 0 Å². The van der Waals surface area contributed by atoms with Crippen molar-refractivity contribution in [2.24, 2.45) is 0 Å².